The van der Waals surface area contributed by atoms with Gasteiger partial charge in [-0.05, 0) is 56.2 Å². The van der Waals surface area contributed by atoms with Crippen LogP contribution in [0.3, 0.4) is 0 Å². The lowest BCUT2D eigenvalue weighted by Crippen LogP contribution is -2.51. The molecular weight excluding hydrogens is 392 g/mol. The van der Waals surface area contributed by atoms with Gasteiger partial charge in [-0.1, -0.05) is 12.1 Å². The van der Waals surface area contributed by atoms with Crippen LogP contribution in [-0.4, -0.2) is 49.2 Å². The summed E-state index contributed by atoms with van der Waals surface area (Å²) in [6.45, 7) is 4.29. The molecule has 0 spiro atoms. The molecule has 1 atom stereocenters. The maximum atomic E-state index is 12.2. The normalized spacial score (nSPS) is 16.3. The number of hydrogen-bond acceptors (Lipinski definition) is 5. The molecule has 1 saturated heterocycles. The molecular formula is C23H28N6O2. The van der Waals surface area contributed by atoms with E-state index in [4.69, 9.17) is 0 Å². The Hall–Kier alpha value is -3.73. The lowest BCUT2D eigenvalue weighted by molar-refractivity contribution is -0.114. The average molecular weight is 421 g/mol. The molecule has 0 aliphatic carbocycles. The lowest BCUT2D eigenvalue weighted by atomic mass is 10.0. The topological polar surface area (TPSA) is 113 Å². The Bertz CT molecular complexity index is 951. The number of carbonyl (C=O) groups is 1. The van der Waals surface area contributed by atoms with Crippen LogP contribution in [0.25, 0.3) is 0 Å². The third-order valence-corrected chi connectivity index (χ3v) is 5.00. The number of piperidine rings is 1. The number of nitriles is 1. The molecule has 0 radical (unpaired) electrons. The highest BCUT2D eigenvalue weighted by molar-refractivity contribution is 5.94. The first-order chi connectivity index (χ1) is 15.1. The van der Waals surface area contributed by atoms with E-state index in [0.29, 0.717) is 23.8 Å². The largest absolute Gasteiger partial charge is 0.508 e. The van der Waals surface area contributed by atoms with Gasteiger partial charge in [0, 0.05) is 31.4 Å². The fourth-order valence-corrected chi connectivity index (χ4v) is 3.57. The van der Waals surface area contributed by atoms with E-state index in [9.17, 15) is 15.2 Å². The minimum Gasteiger partial charge on any atom is -0.508 e. The highest BCUT2D eigenvalue weighted by Crippen LogP contribution is 2.23. The number of aliphatic imine (C=N–C) groups is 1. The van der Waals surface area contributed by atoms with Crippen LogP contribution >= 0.6 is 0 Å². The zero-order valence-corrected chi connectivity index (χ0v) is 17.6. The second-order valence-corrected chi connectivity index (χ2v) is 7.35. The van der Waals surface area contributed by atoms with Gasteiger partial charge in [0.15, 0.2) is 5.96 Å². The number of carbonyl (C=O) groups excluding carboxylic acids is 1. The number of phenols is 1. The van der Waals surface area contributed by atoms with Gasteiger partial charge in [0.25, 0.3) is 0 Å². The molecule has 8 nitrogen and oxygen atoms in total. The number of nitrogens with one attached hydrogen (secondary N) is 3. The standard InChI is InChI=1S/C23H28N6O2/c1-2-25-23(26-15-22(31)27-18-9-11-20(30)12-10-18)28-19-7-5-13-29(16-19)21-8-4-3-6-17(21)14-24/h3-4,6,8-12,19,30H,2,5,7,13,15-16H2,1H3,(H,27,31)(H2,25,26,28). The maximum absolute atomic E-state index is 12.2. The highest BCUT2D eigenvalue weighted by atomic mass is 16.3. The minimum atomic E-state index is -0.240. The van der Waals surface area contributed by atoms with Crippen molar-refractivity contribution in [3.05, 3.63) is 54.1 Å². The Labute approximate surface area is 182 Å². The molecule has 1 heterocycles. The van der Waals surface area contributed by atoms with Crippen molar-refractivity contribution in [2.45, 2.75) is 25.8 Å². The van der Waals surface area contributed by atoms with E-state index < -0.39 is 0 Å². The van der Waals surface area contributed by atoms with Crippen LogP contribution in [0, 0.1) is 11.3 Å². The molecule has 0 saturated carbocycles. The molecule has 1 aliphatic rings. The summed E-state index contributed by atoms with van der Waals surface area (Å²) in [5.74, 6) is 0.494. The van der Waals surface area contributed by atoms with Gasteiger partial charge >= 0.3 is 0 Å². The molecule has 2 aromatic rings. The summed E-state index contributed by atoms with van der Waals surface area (Å²) in [4.78, 5) is 18.9. The zero-order chi connectivity index (χ0) is 22.1. The predicted octanol–water partition coefficient (Wildman–Crippen LogP) is 2.43. The van der Waals surface area contributed by atoms with E-state index >= 15 is 0 Å². The summed E-state index contributed by atoms with van der Waals surface area (Å²) in [6, 6.07) is 16.4. The van der Waals surface area contributed by atoms with Gasteiger partial charge in [-0.15, -0.1) is 0 Å². The number of amides is 1. The van der Waals surface area contributed by atoms with Gasteiger partial charge in [-0.25, -0.2) is 4.99 Å². The van der Waals surface area contributed by atoms with Crippen LogP contribution in [0.5, 0.6) is 5.75 Å². The van der Waals surface area contributed by atoms with Gasteiger partial charge in [0.2, 0.25) is 5.91 Å². The Morgan fingerprint density at radius 2 is 2.03 bits per heavy atom. The third-order valence-electron chi connectivity index (χ3n) is 5.00. The van der Waals surface area contributed by atoms with E-state index in [1.807, 2.05) is 31.2 Å². The molecule has 0 aromatic heterocycles. The van der Waals surface area contributed by atoms with Crippen molar-refractivity contribution < 1.29 is 9.90 Å². The van der Waals surface area contributed by atoms with Crippen molar-refractivity contribution in [3.8, 4) is 11.8 Å². The first-order valence-electron chi connectivity index (χ1n) is 10.5. The summed E-state index contributed by atoms with van der Waals surface area (Å²) in [5.41, 5.74) is 2.23. The maximum Gasteiger partial charge on any atom is 0.246 e. The number of para-hydroxylation sites is 1. The van der Waals surface area contributed by atoms with Crippen LogP contribution in [0.2, 0.25) is 0 Å². The number of anilines is 2. The fourth-order valence-electron chi connectivity index (χ4n) is 3.57. The quantitative estimate of drug-likeness (QED) is 0.324. The second-order valence-electron chi connectivity index (χ2n) is 7.35. The van der Waals surface area contributed by atoms with E-state index in [2.05, 4.69) is 31.9 Å². The van der Waals surface area contributed by atoms with Crippen molar-refractivity contribution in [2.24, 2.45) is 4.99 Å². The molecule has 3 rings (SSSR count). The van der Waals surface area contributed by atoms with Crippen LogP contribution < -0.4 is 20.9 Å². The summed E-state index contributed by atoms with van der Waals surface area (Å²) >= 11 is 0. The smallest absolute Gasteiger partial charge is 0.246 e. The molecule has 8 heteroatoms. The van der Waals surface area contributed by atoms with E-state index in [-0.39, 0.29) is 24.2 Å². The van der Waals surface area contributed by atoms with Crippen LogP contribution in [0.4, 0.5) is 11.4 Å². The number of phenolic OH excluding ortho intramolecular Hbond substituents is 1. The molecule has 1 fully saturated rings. The van der Waals surface area contributed by atoms with Crippen LogP contribution in [0.15, 0.2) is 53.5 Å². The molecule has 1 unspecified atom stereocenters. The van der Waals surface area contributed by atoms with Crippen molar-refractivity contribution in [3.63, 3.8) is 0 Å². The van der Waals surface area contributed by atoms with Gasteiger partial charge in [0.05, 0.1) is 11.3 Å². The van der Waals surface area contributed by atoms with Gasteiger partial charge in [-0.3, -0.25) is 4.79 Å². The molecule has 2 aromatic carbocycles. The summed E-state index contributed by atoms with van der Waals surface area (Å²) in [5, 5.41) is 28.1. The van der Waals surface area contributed by atoms with Gasteiger partial charge in [-0.2, -0.15) is 5.26 Å². The minimum absolute atomic E-state index is 0.0239. The third kappa shape index (κ3) is 6.37. The number of guanidine groups is 1. The second kappa shape index (κ2) is 10.9. The Morgan fingerprint density at radius 1 is 1.26 bits per heavy atom. The first-order valence-corrected chi connectivity index (χ1v) is 10.5. The van der Waals surface area contributed by atoms with Crippen molar-refractivity contribution in [1.29, 1.82) is 5.26 Å². The van der Waals surface area contributed by atoms with Gasteiger partial charge in [0.1, 0.15) is 18.4 Å². The van der Waals surface area contributed by atoms with E-state index in [1.165, 1.54) is 12.1 Å². The van der Waals surface area contributed by atoms with Crippen molar-refractivity contribution in [1.82, 2.24) is 10.6 Å². The lowest BCUT2D eigenvalue weighted by Gasteiger charge is -2.35. The molecule has 1 amide bonds. The van der Waals surface area contributed by atoms with E-state index in [0.717, 1.165) is 31.6 Å². The molecule has 4 N–H and O–H groups in total. The van der Waals surface area contributed by atoms with E-state index in [1.54, 1.807) is 12.1 Å². The average Bonchev–Trinajstić information content (AvgIpc) is 2.79. The summed E-state index contributed by atoms with van der Waals surface area (Å²) in [7, 11) is 0. The highest BCUT2D eigenvalue weighted by Gasteiger charge is 2.22. The molecule has 0 bridgehead atoms. The Balaban J connectivity index is 1.60. The summed E-state index contributed by atoms with van der Waals surface area (Å²) < 4.78 is 0. The number of benzene rings is 2. The predicted molar refractivity (Wildman–Crippen MR) is 122 cm³/mol. The van der Waals surface area contributed by atoms with Gasteiger partial charge < -0.3 is 26.0 Å². The SMILES string of the molecule is CCNC(=NCC(=O)Nc1ccc(O)cc1)NC1CCCN(c2ccccc2C#N)C1. The zero-order valence-electron chi connectivity index (χ0n) is 17.6. The monoisotopic (exact) mass is 420 g/mol. The van der Waals surface area contributed by atoms with Crippen LogP contribution in [-0.2, 0) is 4.79 Å². The molecule has 31 heavy (non-hydrogen) atoms. The Kier molecular flexibility index (Phi) is 7.71. The van der Waals surface area contributed by atoms with Crippen molar-refractivity contribution in [2.75, 3.05) is 36.4 Å². The molecule has 162 valence electrons. The fraction of sp³-hybridized carbons (Fsp3) is 0.348. The van der Waals surface area contributed by atoms with Crippen molar-refractivity contribution >= 4 is 23.2 Å². The number of hydrogen-bond donors (Lipinski definition) is 4. The van der Waals surface area contributed by atoms with Crippen LogP contribution in [0.1, 0.15) is 25.3 Å². The summed E-state index contributed by atoms with van der Waals surface area (Å²) in [6.07, 6.45) is 1.98. The Morgan fingerprint density at radius 3 is 2.77 bits per heavy atom. The number of aromatic hydroxyl groups is 1. The number of nitrogens with zero attached hydrogens (tertiary/aromatic N) is 3. The number of rotatable bonds is 6. The first kappa shape index (κ1) is 22.0. The molecule has 1 aliphatic heterocycles.